The van der Waals surface area contributed by atoms with Crippen LogP contribution in [0, 0.1) is 0 Å². The number of halogens is 1. The van der Waals surface area contributed by atoms with Gasteiger partial charge in [0.1, 0.15) is 0 Å². The first kappa shape index (κ1) is 7.76. The maximum absolute atomic E-state index is 5.69. The first-order valence-electron chi connectivity index (χ1n) is 3.03. The van der Waals surface area contributed by atoms with Crippen molar-refractivity contribution < 1.29 is 0 Å². The van der Waals surface area contributed by atoms with Gasteiger partial charge in [0.05, 0.1) is 9.88 Å². The van der Waals surface area contributed by atoms with Crippen molar-refractivity contribution in [2.75, 3.05) is 0 Å². The van der Waals surface area contributed by atoms with Crippen LogP contribution in [0.3, 0.4) is 0 Å². The number of hydrogen-bond donors (Lipinski definition) is 0. The average Bonchev–Trinajstić information content (AvgIpc) is 2.30. The van der Waals surface area contributed by atoms with Gasteiger partial charge in [-0.3, -0.25) is 0 Å². The number of thiazole rings is 1. The van der Waals surface area contributed by atoms with Gasteiger partial charge in [-0.05, 0) is 13.8 Å². The number of hydrogen-bond acceptors (Lipinski definition) is 2. The zero-order valence-electron chi connectivity index (χ0n) is 5.89. The van der Waals surface area contributed by atoms with Crippen LogP contribution in [0.5, 0.6) is 0 Å². The molecule has 1 nitrogen and oxygen atoms in total. The molecule has 0 saturated carbocycles. The zero-order valence-corrected chi connectivity index (χ0v) is 7.46. The molecule has 10 heavy (non-hydrogen) atoms. The van der Waals surface area contributed by atoms with Crippen LogP contribution in [0.2, 0.25) is 4.47 Å². The summed E-state index contributed by atoms with van der Waals surface area (Å²) in [4.78, 5) is 4.10. The predicted molar refractivity (Wildman–Crippen MR) is 46.7 cm³/mol. The van der Waals surface area contributed by atoms with E-state index in [0.717, 1.165) is 9.88 Å². The minimum Gasteiger partial charge on any atom is -0.225 e. The molecule has 3 heteroatoms. The van der Waals surface area contributed by atoms with Gasteiger partial charge in [-0.15, -0.1) is 11.3 Å². The van der Waals surface area contributed by atoms with Gasteiger partial charge >= 0.3 is 0 Å². The Bertz CT molecular complexity index is 294. The second-order valence-corrected chi connectivity index (χ2v) is 3.41. The predicted octanol–water partition coefficient (Wildman–Crippen LogP) is 1.40. The lowest BCUT2D eigenvalue weighted by molar-refractivity contribution is 1.31. The molecule has 1 heterocycles. The van der Waals surface area contributed by atoms with Crippen molar-refractivity contribution in [2.24, 2.45) is 0 Å². The van der Waals surface area contributed by atoms with Crippen molar-refractivity contribution in [3.63, 3.8) is 0 Å². The molecule has 0 fully saturated rings. The molecule has 54 valence electrons. The lowest BCUT2D eigenvalue weighted by atomic mass is 10.5. The lowest BCUT2D eigenvalue weighted by Crippen LogP contribution is -2.19. The van der Waals surface area contributed by atoms with Crippen molar-refractivity contribution in [3.05, 3.63) is 14.3 Å². The molecule has 0 radical (unpaired) electrons. The Morgan fingerprint density at radius 2 is 2.10 bits per heavy atom. The summed E-state index contributed by atoms with van der Waals surface area (Å²) in [7, 11) is 0. The van der Waals surface area contributed by atoms with Crippen LogP contribution >= 0.6 is 22.9 Å². The molecule has 0 aliphatic rings. The highest BCUT2D eigenvalue weighted by Crippen LogP contribution is 2.02. The molecule has 0 saturated heterocycles. The van der Waals surface area contributed by atoms with E-state index < -0.39 is 0 Å². The third-order valence-electron chi connectivity index (χ3n) is 1.19. The first-order chi connectivity index (χ1) is 4.77. The number of rotatable bonds is 0. The largest absolute Gasteiger partial charge is 0.225 e. The fourth-order valence-corrected chi connectivity index (χ4v) is 1.78. The average molecular weight is 174 g/mol. The van der Waals surface area contributed by atoms with Crippen LogP contribution in [0.4, 0.5) is 0 Å². The molecule has 0 aliphatic carbocycles. The van der Waals surface area contributed by atoms with E-state index in [9.17, 15) is 0 Å². The van der Waals surface area contributed by atoms with Crippen LogP contribution in [0.25, 0.3) is 12.2 Å². The maximum atomic E-state index is 5.69. The van der Waals surface area contributed by atoms with Gasteiger partial charge in [0.15, 0.2) is 4.47 Å². The highest BCUT2D eigenvalue weighted by molar-refractivity contribution is 7.13. The van der Waals surface area contributed by atoms with Gasteiger partial charge in [0, 0.05) is 0 Å². The Labute approximate surface area is 68.7 Å². The van der Waals surface area contributed by atoms with Gasteiger partial charge < -0.3 is 0 Å². The molecule has 1 rings (SSSR count). The van der Waals surface area contributed by atoms with Crippen molar-refractivity contribution >= 4 is 35.1 Å². The monoisotopic (exact) mass is 173 g/mol. The summed E-state index contributed by atoms with van der Waals surface area (Å²) in [6.07, 6.45) is 3.97. The van der Waals surface area contributed by atoms with Crippen LogP contribution in [0.1, 0.15) is 13.8 Å². The molecular weight excluding hydrogens is 166 g/mol. The Kier molecular flexibility index (Phi) is 2.46. The summed E-state index contributed by atoms with van der Waals surface area (Å²) in [5, 5.41) is 0.984. The zero-order chi connectivity index (χ0) is 7.56. The van der Waals surface area contributed by atoms with E-state index in [-0.39, 0.29) is 0 Å². The Hall–Kier alpha value is -0.340. The summed E-state index contributed by atoms with van der Waals surface area (Å²) in [5.41, 5.74) is 0. The minimum atomic E-state index is 0.612. The number of aromatic nitrogens is 1. The Morgan fingerprint density at radius 1 is 1.40 bits per heavy atom. The van der Waals surface area contributed by atoms with E-state index in [0.29, 0.717) is 4.47 Å². The van der Waals surface area contributed by atoms with E-state index in [1.807, 2.05) is 26.0 Å². The summed E-state index contributed by atoms with van der Waals surface area (Å²) in [5.74, 6) is 0. The van der Waals surface area contributed by atoms with Gasteiger partial charge in [-0.2, -0.15) is 0 Å². The smallest absolute Gasteiger partial charge is 0.184 e. The van der Waals surface area contributed by atoms with Crippen molar-refractivity contribution in [3.8, 4) is 0 Å². The second kappa shape index (κ2) is 3.17. The van der Waals surface area contributed by atoms with Crippen LogP contribution < -0.4 is 9.88 Å². The van der Waals surface area contributed by atoms with Gasteiger partial charge in [0.2, 0.25) is 0 Å². The second-order valence-electron chi connectivity index (χ2n) is 1.79. The normalized spacial score (nSPS) is 14.7. The Balaban J connectivity index is 3.53. The van der Waals surface area contributed by atoms with Gasteiger partial charge in [-0.1, -0.05) is 23.8 Å². The molecule has 0 amide bonds. The highest BCUT2D eigenvalue weighted by atomic mass is 35.5. The van der Waals surface area contributed by atoms with E-state index in [2.05, 4.69) is 4.98 Å². The fourth-order valence-electron chi connectivity index (χ4n) is 0.729. The topological polar surface area (TPSA) is 12.9 Å². The molecule has 0 aromatic carbocycles. The van der Waals surface area contributed by atoms with Crippen LogP contribution in [0.15, 0.2) is 0 Å². The number of nitrogens with zero attached hydrogens (tertiary/aromatic N) is 1. The Morgan fingerprint density at radius 3 is 2.50 bits per heavy atom. The standard InChI is InChI=1S/C7H8ClNS/c1-3-5-6(4-2)10-7(8)9-5/h3-4H,1-2H3. The third kappa shape index (κ3) is 1.39. The molecule has 0 atom stereocenters. The molecule has 0 unspecified atom stereocenters. The molecule has 0 bridgehead atoms. The summed E-state index contributed by atoms with van der Waals surface area (Å²) >= 11 is 7.20. The molecule has 0 spiro atoms. The third-order valence-corrected chi connectivity index (χ3v) is 2.43. The van der Waals surface area contributed by atoms with E-state index in [1.165, 1.54) is 11.3 Å². The SMILES string of the molecule is CC=c1nc(Cl)sc1=CC. The van der Waals surface area contributed by atoms with Crippen LogP contribution in [-0.4, -0.2) is 4.98 Å². The molecule has 0 N–H and O–H groups in total. The van der Waals surface area contributed by atoms with Gasteiger partial charge in [-0.25, -0.2) is 4.98 Å². The molecule has 1 aromatic rings. The molecular formula is C7H8ClNS. The van der Waals surface area contributed by atoms with E-state index >= 15 is 0 Å². The summed E-state index contributed by atoms with van der Waals surface area (Å²) in [6, 6.07) is 0. The molecule has 0 aliphatic heterocycles. The van der Waals surface area contributed by atoms with E-state index in [4.69, 9.17) is 11.6 Å². The molecule has 1 aromatic heterocycles. The van der Waals surface area contributed by atoms with Crippen LogP contribution in [-0.2, 0) is 0 Å². The van der Waals surface area contributed by atoms with Crippen molar-refractivity contribution in [1.29, 1.82) is 0 Å². The van der Waals surface area contributed by atoms with Gasteiger partial charge in [0.25, 0.3) is 0 Å². The first-order valence-corrected chi connectivity index (χ1v) is 4.22. The highest BCUT2D eigenvalue weighted by Gasteiger charge is 1.91. The summed E-state index contributed by atoms with van der Waals surface area (Å²) in [6.45, 7) is 3.94. The quantitative estimate of drug-likeness (QED) is 0.578. The minimum absolute atomic E-state index is 0.612. The maximum Gasteiger partial charge on any atom is 0.184 e. The van der Waals surface area contributed by atoms with Crippen molar-refractivity contribution in [2.45, 2.75) is 13.8 Å². The van der Waals surface area contributed by atoms with Crippen molar-refractivity contribution in [1.82, 2.24) is 4.98 Å². The summed E-state index contributed by atoms with van der Waals surface area (Å²) < 4.78 is 1.76. The fraction of sp³-hybridized carbons (Fsp3) is 0.286. The lowest BCUT2D eigenvalue weighted by Gasteiger charge is -1.69. The van der Waals surface area contributed by atoms with E-state index in [1.54, 1.807) is 0 Å².